The number of nitrogens with zero attached hydrogens (tertiary/aromatic N) is 1. The van der Waals surface area contributed by atoms with Crippen molar-refractivity contribution >= 4 is 11.3 Å². The van der Waals surface area contributed by atoms with Gasteiger partial charge in [-0.3, -0.25) is 4.90 Å². The summed E-state index contributed by atoms with van der Waals surface area (Å²) in [6, 6.07) is 2.77. The fourth-order valence-electron chi connectivity index (χ4n) is 3.22. The van der Waals surface area contributed by atoms with E-state index in [4.69, 9.17) is 0 Å². The van der Waals surface area contributed by atoms with Crippen molar-refractivity contribution in [2.75, 3.05) is 20.1 Å². The fourth-order valence-corrected chi connectivity index (χ4v) is 3.90. The molecule has 0 radical (unpaired) electrons. The summed E-state index contributed by atoms with van der Waals surface area (Å²) in [7, 11) is 2.11. The van der Waals surface area contributed by atoms with Crippen LogP contribution in [0, 0.1) is 0 Å². The lowest BCUT2D eigenvalue weighted by Crippen LogP contribution is -2.58. The Morgan fingerprint density at radius 1 is 1.26 bits per heavy atom. The summed E-state index contributed by atoms with van der Waals surface area (Å²) >= 11 is 1.80. The molecule has 0 spiro atoms. The van der Waals surface area contributed by atoms with Crippen LogP contribution >= 0.6 is 11.3 Å². The Balaban J connectivity index is 2.05. The van der Waals surface area contributed by atoms with Crippen molar-refractivity contribution in [3.05, 3.63) is 22.4 Å². The van der Waals surface area contributed by atoms with Crippen molar-refractivity contribution in [3.63, 3.8) is 0 Å². The van der Waals surface area contributed by atoms with Gasteiger partial charge in [-0.15, -0.1) is 0 Å². The van der Waals surface area contributed by atoms with Crippen LogP contribution in [0.4, 0.5) is 0 Å². The van der Waals surface area contributed by atoms with E-state index in [-0.39, 0.29) is 5.54 Å². The molecular weight excluding hydrogens is 252 g/mol. The second kappa shape index (κ2) is 6.87. The largest absolute Gasteiger partial charge is 0.315 e. The fraction of sp³-hybridized carbons (Fsp3) is 0.750. The lowest BCUT2D eigenvalue weighted by molar-refractivity contribution is 0.0865. The van der Waals surface area contributed by atoms with Crippen LogP contribution in [0.15, 0.2) is 16.8 Å². The molecule has 19 heavy (non-hydrogen) atoms. The third kappa shape index (κ3) is 3.80. The zero-order valence-corrected chi connectivity index (χ0v) is 13.4. The Morgan fingerprint density at radius 3 is 2.47 bits per heavy atom. The van der Waals surface area contributed by atoms with Gasteiger partial charge in [0.25, 0.3) is 0 Å². The molecule has 0 aromatic carbocycles. The quantitative estimate of drug-likeness (QED) is 0.887. The second-order valence-corrected chi connectivity index (χ2v) is 7.01. The average Bonchev–Trinajstić information content (AvgIpc) is 2.74. The highest BCUT2D eigenvalue weighted by atomic mass is 32.1. The molecule has 0 amide bonds. The highest BCUT2D eigenvalue weighted by Crippen LogP contribution is 2.25. The van der Waals surface area contributed by atoms with E-state index < -0.39 is 0 Å². The molecule has 1 atom stereocenters. The Labute approximate surface area is 122 Å². The molecule has 1 unspecified atom stereocenters. The topological polar surface area (TPSA) is 15.3 Å². The van der Waals surface area contributed by atoms with Crippen LogP contribution in [0.3, 0.4) is 0 Å². The molecular formula is C16H28N2S. The van der Waals surface area contributed by atoms with Gasteiger partial charge in [0.1, 0.15) is 0 Å². The number of hydrogen-bond donors (Lipinski definition) is 1. The monoisotopic (exact) mass is 280 g/mol. The SMILES string of the molecule is CNC(Cc1ccsc1)C(C)(C)N1CCCCCC1. The van der Waals surface area contributed by atoms with E-state index in [1.165, 1.54) is 44.3 Å². The van der Waals surface area contributed by atoms with Crippen LogP contribution in [-0.2, 0) is 6.42 Å². The van der Waals surface area contributed by atoms with Gasteiger partial charge in [-0.05, 0) is 75.6 Å². The van der Waals surface area contributed by atoms with Gasteiger partial charge in [0.05, 0.1) is 0 Å². The van der Waals surface area contributed by atoms with Gasteiger partial charge in [-0.25, -0.2) is 0 Å². The molecule has 108 valence electrons. The first kappa shape index (κ1) is 15.0. The van der Waals surface area contributed by atoms with Crippen molar-refractivity contribution in [1.29, 1.82) is 0 Å². The minimum atomic E-state index is 0.223. The molecule has 1 aliphatic heterocycles. The Morgan fingerprint density at radius 2 is 1.95 bits per heavy atom. The molecule has 2 nitrogen and oxygen atoms in total. The maximum absolute atomic E-state index is 3.56. The number of likely N-dealkylation sites (tertiary alicyclic amines) is 1. The third-order valence-electron chi connectivity index (χ3n) is 4.64. The standard InChI is InChI=1S/C16H28N2S/c1-16(2,18-9-6-4-5-7-10-18)15(17-3)12-14-8-11-19-13-14/h8,11,13,15,17H,4-7,9-10,12H2,1-3H3. The lowest BCUT2D eigenvalue weighted by Gasteiger charge is -2.44. The Hall–Kier alpha value is -0.380. The first-order chi connectivity index (χ1) is 9.14. The smallest absolute Gasteiger partial charge is 0.0309 e. The Bertz CT molecular complexity index is 351. The molecule has 0 saturated carbocycles. The molecule has 2 rings (SSSR count). The van der Waals surface area contributed by atoms with E-state index in [1.807, 2.05) is 0 Å². The van der Waals surface area contributed by atoms with Crippen molar-refractivity contribution in [3.8, 4) is 0 Å². The first-order valence-corrected chi connectivity index (χ1v) is 8.52. The molecule has 2 heterocycles. The molecule has 0 bridgehead atoms. The van der Waals surface area contributed by atoms with Gasteiger partial charge >= 0.3 is 0 Å². The maximum atomic E-state index is 3.56. The summed E-state index contributed by atoms with van der Waals surface area (Å²) in [6.07, 6.45) is 6.66. The zero-order valence-electron chi connectivity index (χ0n) is 12.6. The summed E-state index contributed by atoms with van der Waals surface area (Å²) < 4.78 is 0. The van der Waals surface area contributed by atoms with Crippen LogP contribution in [0.25, 0.3) is 0 Å². The molecule has 1 aromatic rings. The number of hydrogen-bond acceptors (Lipinski definition) is 3. The molecule has 1 N–H and O–H groups in total. The van der Waals surface area contributed by atoms with E-state index in [1.54, 1.807) is 11.3 Å². The zero-order chi connectivity index (χ0) is 13.7. The predicted molar refractivity (Wildman–Crippen MR) is 85.0 cm³/mol. The number of likely N-dealkylation sites (N-methyl/N-ethyl adjacent to an activating group) is 1. The van der Waals surface area contributed by atoms with Gasteiger partial charge in [0.2, 0.25) is 0 Å². The van der Waals surface area contributed by atoms with Crippen molar-refractivity contribution < 1.29 is 0 Å². The molecule has 1 aromatic heterocycles. The highest BCUT2D eigenvalue weighted by Gasteiger charge is 2.34. The highest BCUT2D eigenvalue weighted by molar-refractivity contribution is 7.07. The van der Waals surface area contributed by atoms with E-state index in [0.29, 0.717) is 6.04 Å². The molecule has 3 heteroatoms. The molecule has 1 saturated heterocycles. The van der Waals surface area contributed by atoms with Crippen molar-refractivity contribution in [1.82, 2.24) is 10.2 Å². The van der Waals surface area contributed by atoms with E-state index >= 15 is 0 Å². The van der Waals surface area contributed by atoms with Crippen molar-refractivity contribution in [2.24, 2.45) is 0 Å². The minimum Gasteiger partial charge on any atom is -0.315 e. The molecule has 1 fully saturated rings. The number of thiophene rings is 1. The van der Waals surface area contributed by atoms with Gasteiger partial charge in [-0.2, -0.15) is 11.3 Å². The molecule has 0 aliphatic carbocycles. The van der Waals surface area contributed by atoms with Crippen molar-refractivity contribution in [2.45, 2.75) is 57.5 Å². The normalized spacial score (nSPS) is 20.2. The summed E-state index contributed by atoms with van der Waals surface area (Å²) in [5.74, 6) is 0. The maximum Gasteiger partial charge on any atom is 0.0309 e. The second-order valence-electron chi connectivity index (χ2n) is 6.23. The summed E-state index contributed by atoms with van der Waals surface area (Å²) in [5.41, 5.74) is 1.69. The lowest BCUT2D eigenvalue weighted by atomic mass is 9.88. The number of nitrogens with one attached hydrogen (secondary N) is 1. The summed E-state index contributed by atoms with van der Waals surface area (Å²) in [6.45, 7) is 7.33. The Kier molecular flexibility index (Phi) is 5.43. The summed E-state index contributed by atoms with van der Waals surface area (Å²) in [4.78, 5) is 2.70. The minimum absolute atomic E-state index is 0.223. The first-order valence-electron chi connectivity index (χ1n) is 7.58. The van der Waals surface area contributed by atoms with Gasteiger partial charge < -0.3 is 5.32 Å². The number of rotatable bonds is 5. The summed E-state index contributed by atoms with van der Waals surface area (Å²) in [5, 5.41) is 8.02. The molecule has 1 aliphatic rings. The van der Waals surface area contributed by atoms with Crippen LogP contribution in [-0.4, -0.2) is 36.6 Å². The van der Waals surface area contributed by atoms with Crippen LogP contribution in [0.1, 0.15) is 45.1 Å². The van der Waals surface area contributed by atoms with Gasteiger partial charge in [0, 0.05) is 11.6 Å². The van der Waals surface area contributed by atoms with E-state index in [2.05, 4.69) is 47.9 Å². The van der Waals surface area contributed by atoms with Crippen LogP contribution in [0.2, 0.25) is 0 Å². The average molecular weight is 280 g/mol. The van der Waals surface area contributed by atoms with Gasteiger partial charge in [0.15, 0.2) is 0 Å². The van der Waals surface area contributed by atoms with Gasteiger partial charge in [-0.1, -0.05) is 12.8 Å². The predicted octanol–water partition coefficient (Wildman–Crippen LogP) is 3.53. The van der Waals surface area contributed by atoms with Crippen LogP contribution in [0.5, 0.6) is 0 Å². The van der Waals surface area contributed by atoms with E-state index in [0.717, 1.165) is 6.42 Å². The van der Waals surface area contributed by atoms with Crippen LogP contribution < -0.4 is 5.32 Å². The van der Waals surface area contributed by atoms with E-state index in [9.17, 15) is 0 Å². The third-order valence-corrected chi connectivity index (χ3v) is 5.37.